The lowest BCUT2D eigenvalue weighted by molar-refractivity contribution is 0.0702. The minimum absolute atomic E-state index is 0.411. The normalized spacial score (nSPS) is 12.6. The van der Waals surface area contributed by atoms with Crippen molar-refractivity contribution >= 4 is 29.1 Å². The zero-order valence-corrected chi connectivity index (χ0v) is 11.2. The number of thiophene rings is 1. The first-order valence-corrected chi connectivity index (χ1v) is 7.39. The zero-order chi connectivity index (χ0) is 12.0. The van der Waals surface area contributed by atoms with E-state index in [4.69, 9.17) is 5.11 Å². The number of carbonyl (C=O) groups is 1. The van der Waals surface area contributed by atoms with Gasteiger partial charge in [0.2, 0.25) is 0 Å². The van der Waals surface area contributed by atoms with Crippen LogP contribution >= 0.6 is 23.1 Å². The molecule has 1 aromatic rings. The van der Waals surface area contributed by atoms with Gasteiger partial charge in [0.25, 0.3) is 0 Å². The summed E-state index contributed by atoms with van der Waals surface area (Å²) in [7, 11) is 0. The Balaban J connectivity index is 2.33. The zero-order valence-electron chi connectivity index (χ0n) is 9.53. The van der Waals surface area contributed by atoms with E-state index < -0.39 is 5.97 Å². The lowest BCUT2D eigenvalue weighted by Crippen LogP contribution is -2.25. The van der Waals surface area contributed by atoms with Gasteiger partial charge in [0, 0.05) is 17.5 Å². The first kappa shape index (κ1) is 13.5. The van der Waals surface area contributed by atoms with Crippen LogP contribution in [0.5, 0.6) is 0 Å². The number of nitrogens with one attached hydrogen (secondary N) is 1. The Morgan fingerprint density at radius 3 is 2.94 bits per heavy atom. The third-order valence-electron chi connectivity index (χ3n) is 2.25. The summed E-state index contributed by atoms with van der Waals surface area (Å²) in [5, 5.41) is 12.2. The summed E-state index contributed by atoms with van der Waals surface area (Å²) in [6, 6.07) is 4.02. The third kappa shape index (κ3) is 4.55. The molecule has 0 saturated carbocycles. The fourth-order valence-corrected chi connectivity index (χ4v) is 2.65. The molecule has 90 valence electrons. The Kier molecular flexibility index (Phi) is 5.87. The molecule has 1 unspecified atom stereocenters. The van der Waals surface area contributed by atoms with Gasteiger partial charge in [-0.05, 0) is 37.5 Å². The molecule has 0 amide bonds. The summed E-state index contributed by atoms with van der Waals surface area (Å²) in [5.74, 6) is 0.311. The van der Waals surface area contributed by atoms with Gasteiger partial charge in [-0.3, -0.25) is 0 Å². The largest absolute Gasteiger partial charge is 0.477 e. The van der Waals surface area contributed by atoms with Crippen molar-refractivity contribution in [3.63, 3.8) is 0 Å². The number of hydrogen-bond donors (Lipinski definition) is 2. The van der Waals surface area contributed by atoms with E-state index in [0.717, 1.165) is 23.6 Å². The molecule has 0 bridgehead atoms. The minimum Gasteiger partial charge on any atom is -0.477 e. The van der Waals surface area contributed by atoms with E-state index in [9.17, 15) is 4.79 Å². The Morgan fingerprint density at radius 1 is 1.62 bits per heavy atom. The number of carboxylic acid groups (broad SMARTS) is 1. The fourth-order valence-electron chi connectivity index (χ4n) is 1.26. The van der Waals surface area contributed by atoms with Gasteiger partial charge in [0.1, 0.15) is 4.88 Å². The van der Waals surface area contributed by atoms with Crippen molar-refractivity contribution in [3.8, 4) is 0 Å². The van der Waals surface area contributed by atoms with Gasteiger partial charge in [-0.2, -0.15) is 11.8 Å². The van der Waals surface area contributed by atoms with Gasteiger partial charge in [0.05, 0.1) is 0 Å². The van der Waals surface area contributed by atoms with Crippen LogP contribution in [-0.2, 0) is 6.54 Å². The highest BCUT2D eigenvalue weighted by Crippen LogP contribution is 2.16. The summed E-state index contributed by atoms with van der Waals surface area (Å²) in [4.78, 5) is 12.2. The number of aromatic carboxylic acids is 1. The Bertz CT molecular complexity index is 338. The Labute approximate surface area is 104 Å². The molecule has 5 heteroatoms. The first-order valence-electron chi connectivity index (χ1n) is 5.17. The molecule has 0 aliphatic carbocycles. The van der Waals surface area contributed by atoms with Crippen LogP contribution in [-0.4, -0.2) is 29.1 Å². The molecular weight excluding hydrogens is 242 g/mol. The minimum atomic E-state index is -0.841. The van der Waals surface area contributed by atoms with Crippen molar-refractivity contribution in [2.24, 2.45) is 0 Å². The van der Waals surface area contributed by atoms with Gasteiger partial charge in [0.15, 0.2) is 0 Å². The number of rotatable bonds is 7. The molecule has 2 N–H and O–H groups in total. The van der Waals surface area contributed by atoms with E-state index >= 15 is 0 Å². The average Bonchev–Trinajstić information content (AvgIpc) is 2.72. The summed E-state index contributed by atoms with van der Waals surface area (Å²) >= 11 is 3.18. The molecule has 1 heterocycles. The molecule has 0 radical (unpaired) electrons. The molecule has 16 heavy (non-hydrogen) atoms. The maximum absolute atomic E-state index is 10.7. The topological polar surface area (TPSA) is 49.3 Å². The summed E-state index contributed by atoms with van der Waals surface area (Å²) in [6.07, 6.45) is 3.24. The highest BCUT2D eigenvalue weighted by molar-refractivity contribution is 7.98. The maximum Gasteiger partial charge on any atom is 0.345 e. The monoisotopic (exact) mass is 259 g/mol. The molecule has 1 atom stereocenters. The van der Waals surface area contributed by atoms with Crippen LogP contribution in [0.3, 0.4) is 0 Å². The van der Waals surface area contributed by atoms with E-state index in [2.05, 4.69) is 18.5 Å². The van der Waals surface area contributed by atoms with Gasteiger partial charge in [-0.25, -0.2) is 4.79 Å². The Hall–Kier alpha value is -0.520. The molecule has 0 spiro atoms. The second kappa shape index (κ2) is 6.93. The summed E-state index contributed by atoms with van der Waals surface area (Å²) in [5.41, 5.74) is 0. The molecule has 0 aliphatic heterocycles. The number of carboxylic acids is 1. The van der Waals surface area contributed by atoms with Gasteiger partial charge >= 0.3 is 5.97 Å². The van der Waals surface area contributed by atoms with Crippen LogP contribution in [0.25, 0.3) is 0 Å². The number of thioether (sulfide) groups is 1. The van der Waals surface area contributed by atoms with Crippen LogP contribution in [0.4, 0.5) is 0 Å². The average molecular weight is 259 g/mol. The van der Waals surface area contributed by atoms with Crippen molar-refractivity contribution in [2.75, 3.05) is 12.0 Å². The van der Waals surface area contributed by atoms with Crippen LogP contribution in [0, 0.1) is 0 Å². The molecule has 1 rings (SSSR count). The van der Waals surface area contributed by atoms with Crippen LogP contribution < -0.4 is 5.32 Å². The van der Waals surface area contributed by atoms with Crippen molar-refractivity contribution in [1.29, 1.82) is 0 Å². The van der Waals surface area contributed by atoms with Crippen molar-refractivity contribution in [3.05, 3.63) is 21.9 Å². The molecular formula is C11H17NO2S2. The number of hydrogen-bond acceptors (Lipinski definition) is 4. The van der Waals surface area contributed by atoms with Crippen LogP contribution in [0.2, 0.25) is 0 Å². The van der Waals surface area contributed by atoms with Crippen molar-refractivity contribution in [2.45, 2.75) is 25.9 Å². The SMILES string of the molecule is CSCCC(C)NCc1ccc(C(=O)O)s1. The smallest absolute Gasteiger partial charge is 0.345 e. The molecule has 0 aromatic carbocycles. The lowest BCUT2D eigenvalue weighted by Gasteiger charge is -2.11. The molecule has 0 aliphatic rings. The third-order valence-corrected chi connectivity index (χ3v) is 3.97. The Morgan fingerprint density at radius 2 is 2.38 bits per heavy atom. The van der Waals surface area contributed by atoms with Gasteiger partial charge in [-0.1, -0.05) is 0 Å². The predicted molar refractivity (Wildman–Crippen MR) is 70.6 cm³/mol. The summed E-state index contributed by atoms with van der Waals surface area (Å²) < 4.78 is 0. The maximum atomic E-state index is 10.7. The summed E-state index contributed by atoms with van der Waals surface area (Å²) in [6.45, 7) is 2.91. The molecule has 0 saturated heterocycles. The molecule has 1 aromatic heterocycles. The molecule has 3 nitrogen and oxygen atoms in total. The quantitative estimate of drug-likeness (QED) is 0.790. The van der Waals surface area contributed by atoms with E-state index in [1.54, 1.807) is 6.07 Å². The van der Waals surface area contributed by atoms with E-state index in [1.807, 2.05) is 17.8 Å². The van der Waals surface area contributed by atoms with Crippen LogP contribution in [0.15, 0.2) is 12.1 Å². The first-order chi connectivity index (χ1) is 7.63. The van der Waals surface area contributed by atoms with Gasteiger partial charge < -0.3 is 10.4 Å². The highest BCUT2D eigenvalue weighted by atomic mass is 32.2. The van der Waals surface area contributed by atoms with E-state index in [0.29, 0.717) is 10.9 Å². The molecule has 0 fully saturated rings. The van der Waals surface area contributed by atoms with Gasteiger partial charge in [-0.15, -0.1) is 11.3 Å². The van der Waals surface area contributed by atoms with E-state index in [-0.39, 0.29) is 0 Å². The van der Waals surface area contributed by atoms with Crippen molar-refractivity contribution < 1.29 is 9.90 Å². The fraction of sp³-hybridized carbons (Fsp3) is 0.545. The van der Waals surface area contributed by atoms with Crippen LogP contribution in [0.1, 0.15) is 27.9 Å². The second-order valence-electron chi connectivity index (χ2n) is 3.63. The predicted octanol–water partition coefficient (Wildman–Crippen LogP) is 2.68. The lowest BCUT2D eigenvalue weighted by atomic mass is 10.2. The standard InChI is InChI=1S/C11H17NO2S2/c1-8(5-6-15-2)12-7-9-3-4-10(16-9)11(13)14/h3-4,8,12H,5-7H2,1-2H3,(H,13,14). The highest BCUT2D eigenvalue weighted by Gasteiger charge is 2.07. The van der Waals surface area contributed by atoms with E-state index in [1.165, 1.54) is 11.3 Å². The van der Waals surface area contributed by atoms with Crippen molar-refractivity contribution in [1.82, 2.24) is 5.32 Å². The second-order valence-corrected chi connectivity index (χ2v) is 5.79.